The number of hydrogen-bond donors (Lipinski definition) is 1. The second-order valence-electron chi connectivity index (χ2n) is 5.92. The van der Waals surface area contributed by atoms with Crippen LogP contribution in [-0.4, -0.2) is 31.9 Å². The topological polar surface area (TPSA) is 72.7 Å². The minimum atomic E-state index is -0.0668. The molecule has 0 saturated heterocycles. The van der Waals surface area contributed by atoms with Crippen molar-refractivity contribution in [3.8, 4) is 11.1 Å². The van der Waals surface area contributed by atoms with Gasteiger partial charge in [-0.2, -0.15) is 0 Å². The van der Waals surface area contributed by atoms with Crippen LogP contribution in [0.5, 0.6) is 0 Å². The lowest BCUT2D eigenvalue weighted by Gasteiger charge is -2.07. The SMILES string of the molecule is O=C(CSc1nnnn1C1CC1)Nc1ccc(-c2ccccc2)cc1. The number of hydrogen-bond acceptors (Lipinski definition) is 5. The maximum Gasteiger partial charge on any atom is 0.234 e. The number of amides is 1. The molecule has 7 heteroatoms. The molecule has 1 saturated carbocycles. The second kappa shape index (κ2) is 7.06. The Hall–Kier alpha value is -2.67. The lowest BCUT2D eigenvalue weighted by Crippen LogP contribution is -2.14. The molecular weight excluding hydrogens is 334 g/mol. The van der Waals surface area contributed by atoms with Crippen LogP contribution in [0, 0.1) is 0 Å². The van der Waals surface area contributed by atoms with Gasteiger partial charge in [0.1, 0.15) is 0 Å². The van der Waals surface area contributed by atoms with Crippen molar-refractivity contribution in [3.63, 3.8) is 0 Å². The van der Waals surface area contributed by atoms with Gasteiger partial charge in [-0.3, -0.25) is 4.79 Å². The van der Waals surface area contributed by atoms with Crippen LogP contribution in [0.3, 0.4) is 0 Å². The Morgan fingerprint density at radius 2 is 1.80 bits per heavy atom. The first kappa shape index (κ1) is 15.8. The van der Waals surface area contributed by atoms with Gasteiger partial charge in [-0.05, 0) is 46.5 Å². The van der Waals surface area contributed by atoms with Crippen molar-refractivity contribution in [2.45, 2.75) is 24.0 Å². The maximum atomic E-state index is 12.1. The first-order valence-corrected chi connectivity index (χ1v) is 9.14. The maximum absolute atomic E-state index is 12.1. The lowest BCUT2D eigenvalue weighted by atomic mass is 10.1. The van der Waals surface area contributed by atoms with E-state index in [-0.39, 0.29) is 11.7 Å². The zero-order valence-corrected chi connectivity index (χ0v) is 14.3. The van der Waals surface area contributed by atoms with Gasteiger partial charge in [-0.25, -0.2) is 4.68 Å². The van der Waals surface area contributed by atoms with E-state index in [2.05, 4.69) is 33.0 Å². The summed E-state index contributed by atoms with van der Waals surface area (Å²) in [4.78, 5) is 12.1. The molecule has 0 atom stereocenters. The predicted octanol–water partition coefficient (Wildman–Crippen LogP) is 3.41. The number of nitrogens with zero attached hydrogens (tertiary/aromatic N) is 4. The highest BCUT2D eigenvalue weighted by Gasteiger charge is 2.28. The quantitative estimate of drug-likeness (QED) is 0.689. The summed E-state index contributed by atoms with van der Waals surface area (Å²) in [5.41, 5.74) is 3.06. The van der Waals surface area contributed by atoms with E-state index in [9.17, 15) is 4.79 Å². The molecule has 1 fully saturated rings. The van der Waals surface area contributed by atoms with Crippen LogP contribution in [0.15, 0.2) is 59.8 Å². The monoisotopic (exact) mass is 351 g/mol. The molecule has 1 N–H and O–H groups in total. The third kappa shape index (κ3) is 3.88. The standard InChI is InChI=1S/C18H17N5OS/c24-17(12-25-18-20-21-22-23(18)16-10-11-16)19-15-8-6-14(7-9-15)13-4-2-1-3-5-13/h1-9,16H,10-12H2,(H,19,24). The van der Waals surface area contributed by atoms with Crippen LogP contribution < -0.4 is 5.32 Å². The van der Waals surface area contributed by atoms with Crippen LogP contribution in [0.1, 0.15) is 18.9 Å². The van der Waals surface area contributed by atoms with E-state index in [0.29, 0.717) is 11.2 Å². The average molecular weight is 351 g/mol. The number of benzene rings is 2. The summed E-state index contributed by atoms with van der Waals surface area (Å²) in [5, 5.41) is 15.3. The zero-order chi connectivity index (χ0) is 17.1. The molecule has 126 valence electrons. The minimum absolute atomic E-state index is 0.0668. The van der Waals surface area contributed by atoms with Crippen molar-refractivity contribution in [2.75, 3.05) is 11.1 Å². The molecule has 3 aromatic rings. The van der Waals surface area contributed by atoms with Gasteiger partial charge in [0, 0.05) is 5.69 Å². The molecule has 1 aromatic heterocycles. The van der Waals surface area contributed by atoms with Gasteiger partial charge < -0.3 is 5.32 Å². The number of nitrogens with one attached hydrogen (secondary N) is 1. The Labute approximate surface area is 149 Å². The first-order valence-electron chi connectivity index (χ1n) is 8.15. The van der Waals surface area contributed by atoms with Crippen molar-refractivity contribution in [1.29, 1.82) is 0 Å². The number of aromatic nitrogens is 4. The Morgan fingerprint density at radius 3 is 2.52 bits per heavy atom. The van der Waals surface area contributed by atoms with Crippen molar-refractivity contribution in [3.05, 3.63) is 54.6 Å². The molecule has 25 heavy (non-hydrogen) atoms. The molecule has 1 heterocycles. The molecule has 6 nitrogen and oxygen atoms in total. The van der Waals surface area contributed by atoms with Crippen molar-refractivity contribution >= 4 is 23.4 Å². The molecule has 1 aliphatic rings. The van der Waals surface area contributed by atoms with Gasteiger partial charge in [0.25, 0.3) is 0 Å². The molecule has 0 unspecified atom stereocenters. The van der Waals surface area contributed by atoms with E-state index < -0.39 is 0 Å². The Kier molecular flexibility index (Phi) is 4.47. The third-order valence-electron chi connectivity index (χ3n) is 3.96. The fourth-order valence-electron chi connectivity index (χ4n) is 2.53. The van der Waals surface area contributed by atoms with Crippen LogP contribution in [-0.2, 0) is 4.79 Å². The average Bonchev–Trinajstić information content (AvgIpc) is 3.39. The molecule has 0 bridgehead atoms. The number of carbonyl (C=O) groups excluding carboxylic acids is 1. The van der Waals surface area contributed by atoms with E-state index in [0.717, 1.165) is 29.7 Å². The first-order chi connectivity index (χ1) is 12.3. The highest BCUT2D eigenvalue weighted by molar-refractivity contribution is 7.99. The van der Waals surface area contributed by atoms with Gasteiger partial charge in [0.15, 0.2) is 0 Å². The van der Waals surface area contributed by atoms with Gasteiger partial charge in [-0.1, -0.05) is 54.2 Å². The smallest absolute Gasteiger partial charge is 0.234 e. The molecule has 0 spiro atoms. The molecule has 0 radical (unpaired) electrons. The molecule has 1 aliphatic carbocycles. The fourth-order valence-corrected chi connectivity index (χ4v) is 3.28. The number of thioether (sulfide) groups is 1. The molecule has 0 aliphatic heterocycles. The molecule has 4 rings (SSSR count). The summed E-state index contributed by atoms with van der Waals surface area (Å²) in [7, 11) is 0. The Bertz CT molecular complexity index is 859. The lowest BCUT2D eigenvalue weighted by molar-refractivity contribution is -0.113. The summed E-state index contributed by atoms with van der Waals surface area (Å²) in [6, 6.07) is 18.4. The number of tetrazole rings is 1. The van der Waals surface area contributed by atoms with E-state index in [1.54, 1.807) is 0 Å². The third-order valence-corrected chi connectivity index (χ3v) is 4.90. The molecule has 1 amide bonds. The normalized spacial score (nSPS) is 13.6. The van der Waals surface area contributed by atoms with Crippen LogP contribution >= 0.6 is 11.8 Å². The van der Waals surface area contributed by atoms with E-state index in [4.69, 9.17) is 0 Å². The predicted molar refractivity (Wildman–Crippen MR) is 97.3 cm³/mol. The Morgan fingerprint density at radius 1 is 1.08 bits per heavy atom. The van der Waals surface area contributed by atoms with Gasteiger partial charge in [0.2, 0.25) is 11.1 Å². The highest BCUT2D eigenvalue weighted by atomic mass is 32.2. The van der Waals surface area contributed by atoms with Gasteiger partial charge in [-0.15, -0.1) is 5.10 Å². The van der Waals surface area contributed by atoms with E-state index >= 15 is 0 Å². The van der Waals surface area contributed by atoms with Crippen molar-refractivity contribution in [1.82, 2.24) is 20.2 Å². The fraction of sp³-hybridized carbons (Fsp3) is 0.222. The second-order valence-corrected chi connectivity index (χ2v) is 6.86. The molecular formula is C18H17N5OS. The summed E-state index contributed by atoms with van der Waals surface area (Å²) in [5.74, 6) is 0.218. The number of rotatable bonds is 6. The van der Waals surface area contributed by atoms with Crippen LogP contribution in [0.25, 0.3) is 11.1 Å². The number of anilines is 1. The van der Waals surface area contributed by atoms with Crippen molar-refractivity contribution in [2.24, 2.45) is 0 Å². The molecule has 2 aromatic carbocycles. The minimum Gasteiger partial charge on any atom is -0.325 e. The van der Waals surface area contributed by atoms with E-state index in [1.807, 2.05) is 47.1 Å². The zero-order valence-electron chi connectivity index (χ0n) is 13.5. The summed E-state index contributed by atoms with van der Waals surface area (Å²) in [6.45, 7) is 0. The van der Waals surface area contributed by atoms with Gasteiger partial charge in [0.05, 0.1) is 11.8 Å². The summed E-state index contributed by atoms with van der Waals surface area (Å²) in [6.07, 6.45) is 2.22. The largest absolute Gasteiger partial charge is 0.325 e. The number of carbonyl (C=O) groups is 1. The van der Waals surface area contributed by atoms with E-state index in [1.165, 1.54) is 11.8 Å². The summed E-state index contributed by atoms with van der Waals surface area (Å²) < 4.78 is 1.81. The highest BCUT2D eigenvalue weighted by Crippen LogP contribution is 2.36. The summed E-state index contributed by atoms with van der Waals surface area (Å²) >= 11 is 1.36. The van der Waals surface area contributed by atoms with Crippen LogP contribution in [0.4, 0.5) is 5.69 Å². The van der Waals surface area contributed by atoms with Crippen molar-refractivity contribution < 1.29 is 4.79 Å². The van der Waals surface area contributed by atoms with Gasteiger partial charge >= 0.3 is 0 Å². The van der Waals surface area contributed by atoms with Crippen LogP contribution in [0.2, 0.25) is 0 Å². The Balaban J connectivity index is 1.34.